The second-order valence-electron chi connectivity index (χ2n) is 4.16. The van der Waals surface area contributed by atoms with E-state index in [4.69, 9.17) is 28.3 Å². The molecular weight excluding hydrogens is 339 g/mol. The highest BCUT2D eigenvalue weighted by atomic mass is 35.5. The Balaban J connectivity index is 2.37. The fourth-order valence-electron chi connectivity index (χ4n) is 1.70. The summed E-state index contributed by atoms with van der Waals surface area (Å²) in [6.45, 7) is 0.126. The van der Waals surface area contributed by atoms with Crippen LogP contribution in [0.3, 0.4) is 0 Å². The van der Waals surface area contributed by atoms with Crippen molar-refractivity contribution in [3.8, 4) is 0 Å². The first-order chi connectivity index (χ1) is 9.81. The first-order valence-corrected chi connectivity index (χ1v) is 8.14. The SMILES string of the molecule is O=C(O)c1cc(Cl)cc(S(=O)(=O)CCn2cccn2)c1Cl. The van der Waals surface area contributed by atoms with E-state index in [1.807, 2.05) is 0 Å². The van der Waals surface area contributed by atoms with Crippen molar-refractivity contribution in [1.29, 1.82) is 0 Å². The van der Waals surface area contributed by atoms with Crippen LogP contribution in [0.25, 0.3) is 0 Å². The zero-order valence-electron chi connectivity index (χ0n) is 10.5. The van der Waals surface area contributed by atoms with E-state index in [9.17, 15) is 13.2 Å². The third-order valence-electron chi connectivity index (χ3n) is 2.72. The van der Waals surface area contributed by atoms with Crippen LogP contribution in [-0.2, 0) is 16.4 Å². The third kappa shape index (κ3) is 3.55. The maximum absolute atomic E-state index is 12.3. The van der Waals surface area contributed by atoms with Crippen LogP contribution in [0.4, 0.5) is 0 Å². The Morgan fingerprint density at radius 2 is 2.05 bits per heavy atom. The number of rotatable bonds is 5. The normalized spacial score (nSPS) is 11.5. The van der Waals surface area contributed by atoms with Crippen LogP contribution < -0.4 is 0 Å². The minimum absolute atomic E-state index is 0.00513. The highest BCUT2D eigenvalue weighted by molar-refractivity contribution is 7.91. The van der Waals surface area contributed by atoms with E-state index in [1.165, 1.54) is 10.9 Å². The Labute approximate surface area is 130 Å². The molecule has 0 aliphatic rings. The Morgan fingerprint density at radius 1 is 1.33 bits per heavy atom. The van der Waals surface area contributed by atoms with Crippen molar-refractivity contribution in [2.45, 2.75) is 11.4 Å². The molecule has 1 heterocycles. The summed E-state index contributed by atoms with van der Waals surface area (Å²) in [5.41, 5.74) is -0.346. The van der Waals surface area contributed by atoms with E-state index in [0.717, 1.165) is 12.1 Å². The van der Waals surface area contributed by atoms with Gasteiger partial charge in [-0.15, -0.1) is 0 Å². The Kier molecular flexibility index (Phi) is 4.55. The van der Waals surface area contributed by atoms with Gasteiger partial charge in [-0.25, -0.2) is 13.2 Å². The molecule has 0 fully saturated rings. The molecule has 1 aromatic heterocycles. The van der Waals surface area contributed by atoms with Crippen LogP contribution in [0.15, 0.2) is 35.5 Å². The second kappa shape index (κ2) is 6.05. The van der Waals surface area contributed by atoms with E-state index in [0.29, 0.717) is 0 Å². The zero-order chi connectivity index (χ0) is 15.6. The van der Waals surface area contributed by atoms with Gasteiger partial charge in [0.05, 0.1) is 27.8 Å². The van der Waals surface area contributed by atoms with Crippen molar-refractivity contribution in [2.75, 3.05) is 5.75 Å². The molecule has 1 N–H and O–H groups in total. The van der Waals surface area contributed by atoms with Crippen LogP contribution in [0.2, 0.25) is 10.0 Å². The molecule has 2 aromatic rings. The van der Waals surface area contributed by atoms with Crippen LogP contribution in [0.1, 0.15) is 10.4 Å². The first-order valence-electron chi connectivity index (χ1n) is 5.74. The van der Waals surface area contributed by atoms with Gasteiger partial charge < -0.3 is 5.11 Å². The summed E-state index contributed by atoms with van der Waals surface area (Å²) in [5.74, 6) is -1.61. The molecule has 0 aliphatic carbocycles. The number of carbonyl (C=O) groups is 1. The molecule has 0 atom stereocenters. The number of carboxylic acid groups (broad SMARTS) is 1. The lowest BCUT2D eigenvalue weighted by Gasteiger charge is -2.09. The van der Waals surface area contributed by atoms with Crippen molar-refractivity contribution >= 4 is 39.0 Å². The molecule has 0 spiro atoms. The van der Waals surface area contributed by atoms with Gasteiger partial charge in [0.15, 0.2) is 9.84 Å². The molecule has 1 aromatic carbocycles. The number of aryl methyl sites for hydroxylation is 1. The summed E-state index contributed by atoms with van der Waals surface area (Å²) in [7, 11) is -3.79. The van der Waals surface area contributed by atoms with Crippen molar-refractivity contribution in [2.24, 2.45) is 0 Å². The molecule has 21 heavy (non-hydrogen) atoms. The molecule has 0 amide bonds. The molecule has 0 radical (unpaired) electrons. The highest BCUT2D eigenvalue weighted by Gasteiger charge is 2.23. The van der Waals surface area contributed by atoms with Gasteiger partial charge in [-0.2, -0.15) is 5.10 Å². The summed E-state index contributed by atoms with van der Waals surface area (Å²) < 4.78 is 26.0. The number of aromatic nitrogens is 2. The summed E-state index contributed by atoms with van der Waals surface area (Å²) in [5, 5.41) is 12.6. The van der Waals surface area contributed by atoms with E-state index in [1.54, 1.807) is 12.3 Å². The summed E-state index contributed by atoms with van der Waals surface area (Å²) in [6.07, 6.45) is 3.15. The summed E-state index contributed by atoms with van der Waals surface area (Å²) in [4.78, 5) is 10.8. The molecule has 9 heteroatoms. The Morgan fingerprint density at radius 3 is 2.62 bits per heavy atom. The van der Waals surface area contributed by atoms with Crippen LogP contribution in [-0.4, -0.2) is 35.0 Å². The molecule has 0 saturated carbocycles. The van der Waals surface area contributed by atoms with Crippen LogP contribution in [0.5, 0.6) is 0 Å². The van der Waals surface area contributed by atoms with E-state index >= 15 is 0 Å². The molecule has 0 unspecified atom stereocenters. The van der Waals surface area contributed by atoms with Crippen molar-refractivity contribution in [1.82, 2.24) is 9.78 Å². The number of carboxylic acids is 1. The van der Waals surface area contributed by atoms with E-state index < -0.39 is 15.8 Å². The number of benzene rings is 1. The lowest BCUT2D eigenvalue weighted by molar-refractivity contribution is 0.0697. The molecule has 112 valence electrons. The molecular formula is C12H10Cl2N2O4S. The molecule has 0 aliphatic heterocycles. The lowest BCUT2D eigenvalue weighted by atomic mass is 10.2. The zero-order valence-corrected chi connectivity index (χ0v) is 12.9. The van der Waals surface area contributed by atoms with Crippen molar-refractivity contribution in [3.63, 3.8) is 0 Å². The standard InChI is InChI=1S/C12H10Cl2N2O4S/c13-8-6-9(12(17)18)11(14)10(7-8)21(19,20)5-4-16-3-1-2-15-16/h1-3,6-7H,4-5H2,(H,17,18). The first kappa shape index (κ1) is 15.8. The molecule has 2 rings (SSSR count). The Hall–Kier alpha value is -1.57. The average molecular weight is 349 g/mol. The van der Waals surface area contributed by atoms with Gasteiger partial charge in [0.2, 0.25) is 0 Å². The highest BCUT2D eigenvalue weighted by Crippen LogP contribution is 2.30. The number of nitrogens with zero attached hydrogens (tertiary/aromatic N) is 2. The van der Waals surface area contributed by atoms with Crippen LogP contribution >= 0.6 is 23.2 Å². The Bertz CT molecular complexity index is 773. The number of hydrogen-bond donors (Lipinski definition) is 1. The number of hydrogen-bond acceptors (Lipinski definition) is 4. The van der Waals surface area contributed by atoms with E-state index in [-0.39, 0.29) is 32.8 Å². The quantitative estimate of drug-likeness (QED) is 0.895. The minimum Gasteiger partial charge on any atom is -0.478 e. The molecule has 0 bridgehead atoms. The van der Waals surface area contributed by atoms with Gasteiger partial charge >= 0.3 is 5.97 Å². The van der Waals surface area contributed by atoms with Crippen molar-refractivity contribution in [3.05, 3.63) is 46.2 Å². The van der Waals surface area contributed by atoms with Gasteiger partial charge in [-0.1, -0.05) is 23.2 Å². The van der Waals surface area contributed by atoms with Crippen molar-refractivity contribution < 1.29 is 18.3 Å². The van der Waals surface area contributed by atoms with Gasteiger partial charge in [0.25, 0.3) is 0 Å². The van der Waals surface area contributed by atoms with Gasteiger partial charge in [-0.3, -0.25) is 4.68 Å². The number of sulfone groups is 1. The lowest BCUT2D eigenvalue weighted by Crippen LogP contribution is -2.15. The smallest absolute Gasteiger partial charge is 0.337 e. The van der Waals surface area contributed by atoms with E-state index in [2.05, 4.69) is 5.10 Å². The fourth-order valence-corrected chi connectivity index (χ4v) is 3.86. The predicted molar refractivity (Wildman–Crippen MR) is 77.7 cm³/mol. The summed E-state index contributed by atoms with van der Waals surface area (Å²) >= 11 is 11.6. The second-order valence-corrected chi connectivity index (χ2v) is 7.05. The maximum atomic E-state index is 12.3. The fraction of sp³-hybridized carbons (Fsp3) is 0.167. The maximum Gasteiger partial charge on any atom is 0.337 e. The average Bonchev–Trinajstić information content (AvgIpc) is 2.91. The largest absolute Gasteiger partial charge is 0.478 e. The topological polar surface area (TPSA) is 89.3 Å². The number of halogens is 2. The monoisotopic (exact) mass is 348 g/mol. The minimum atomic E-state index is -3.79. The molecule has 6 nitrogen and oxygen atoms in total. The van der Waals surface area contributed by atoms with Gasteiger partial charge in [0, 0.05) is 17.4 Å². The van der Waals surface area contributed by atoms with Crippen LogP contribution in [0, 0.1) is 0 Å². The van der Waals surface area contributed by atoms with Gasteiger partial charge in [-0.05, 0) is 18.2 Å². The summed E-state index contributed by atoms with van der Waals surface area (Å²) in [6, 6.07) is 3.93. The molecule has 0 saturated heterocycles. The third-order valence-corrected chi connectivity index (χ3v) is 5.17. The number of aromatic carboxylic acids is 1. The van der Waals surface area contributed by atoms with Gasteiger partial charge in [0.1, 0.15) is 0 Å². The predicted octanol–water partition coefficient (Wildman–Crippen LogP) is 2.36.